The lowest BCUT2D eigenvalue weighted by Crippen LogP contribution is -2.32. The molecule has 0 saturated heterocycles. The summed E-state index contributed by atoms with van der Waals surface area (Å²) in [6, 6.07) is 5.21. The van der Waals surface area contributed by atoms with E-state index < -0.39 is 18.4 Å². The number of halogens is 1. The van der Waals surface area contributed by atoms with Crippen molar-refractivity contribution in [3.05, 3.63) is 28.8 Å². The van der Waals surface area contributed by atoms with E-state index in [-0.39, 0.29) is 6.61 Å². The summed E-state index contributed by atoms with van der Waals surface area (Å²) in [4.78, 5) is 26.1. The molecule has 1 aromatic carbocycles. The highest BCUT2D eigenvalue weighted by Gasteiger charge is 2.06. The Morgan fingerprint density at radius 2 is 2.11 bits per heavy atom. The molecule has 0 radical (unpaired) electrons. The van der Waals surface area contributed by atoms with Crippen LogP contribution in [0.3, 0.4) is 0 Å². The first-order chi connectivity index (χ1) is 8.49. The normalized spacial score (nSPS) is 9.89. The first-order valence-corrected chi connectivity index (χ1v) is 5.44. The van der Waals surface area contributed by atoms with E-state index in [0.717, 1.165) is 5.56 Å². The maximum Gasteiger partial charge on any atom is 0.281 e. The first-order valence-electron chi connectivity index (χ1n) is 5.07. The molecule has 0 aliphatic carbocycles. The topological polar surface area (TPSA) is 90.7 Å². The summed E-state index contributed by atoms with van der Waals surface area (Å²) in [6.07, 6.45) is 0. The van der Waals surface area contributed by atoms with Gasteiger partial charge in [0.05, 0.1) is 5.02 Å². The van der Waals surface area contributed by atoms with E-state index in [1.54, 1.807) is 12.1 Å². The molecule has 0 aliphatic heterocycles. The molecule has 0 aromatic heterocycles. The molecule has 0 unspecified atom stereocenters. The number of benzene rings is 1. The summed E-state index contributed by atoms with van der Waals surface area (Å²) in [5, 5.41) is 0.409. The van der Waals surface area contributed by atoms with Crippen LogP contribution >= 0.6 is 11.6 Å². The molecule has 1 aromatic rings. The van der Waals surface area contributed by atoms with Crippen molar-refractivity contribution in [1.29, 1.82) is 0 Å². The van der Waals surface area contributed by atoms with Crippen molar-refractivity contribution >= 4 is 23.4 Å². The zero-order valence-electron chi connectivity index (χ0n) is 9.73. The van der Waals surface area contributed by atoms with Gasteiger partial charge in [-0.2, -0.15) is 0 Å². The molecular weight excluding hydrogens is 260 g/mol. The third kappa shape index (κ3) is 5.03. The monoisotopic (exact) mass is 272 g/mol. The smallest absolute Gasteiger partial charge is 0.281 e. The predicted molar refractivity (Wildman–Crippen MR) is 65.0 cm³/mol. The number of hydrogen-bond donors (Lipinski definition) is 2. The Labute approximate surface area is 109 Å². The molecule has 0 heterocycles. The molecule has 18 heavy (non-hydrogen) atoms. The molecule has 0 atom stereocenters. The van der Waals surface area contributed by atoms with Crippen LogP contribution in [0, 0.1) is 6.92 Å². The molecule has 0 bridgehead atoms. The number of ether oxygens (including phenoxy) is 1. The Hall–Kier alpha value is -1.79. The number of aryl methyl sites for hydroxylation is 1. The predicted octanol–water partition coefficient (Wildman–Crippen LogP) is 0.560. The van der Waals surface area contributed by atoms with Gasteiger partial charge in [-0.1, -0.05) is 17.7 Å². The van der Waals surface area contributed by atoms with Crippen molar-refractivity contribution in [2.75, 3.05) is 13.2 Å². The number of carbonyl (C=O) groups excluding carboxylic acids is 2. The molecule has 7 heteroatoms. The van der Waals surface area contributed by atoms with Crippen LogP contribution in [0.25, 0.3) is 0 Å². The van der Waals surface area contributed by atoms with Gasteiger partial charge >= 0.3 is 0 Å². The number of hydrogen-bond acceptors (Lipinski definition) is 4. The van der Waals surface area contributed by atoms with Crippen molar-refractivity contribution in [3.8, 4) is 5.75 Å². The van der Waals surface area contributed by atoms with E-state index in [4.69, 9.17) is 22.1 Å². The quantitative estimate of drug-likeness (QED) is 0.741. The van der Waals surface area contributed by atoms with Crippen LogP contribution < -0.4 is 16.0 Å². The van der Waals surface area contributed by atoms with E-state index in [1.807, 2.05) is 18.5 Å². The average molecular weight is 273 g/mol. The Balaban J connectivity index is 2.38. The molecule has 1 rings (SSSR count). The van der Waals surface area contributed by atoms with Gasteiger partial charge in [-0.05, 0) is 24.6 Å². The summed E-state index contributed by atoms with van der Waals surface area (Å²) in [5.41, 5.74) is 7.78. The molecule has 0 fully saturated rings. The van der Waals surface area contributed by atoms with Gasteiger partial charge in [-0.3, -0.25) is 14.4 Å². The molecule has 0 aliphatic rings. The van der Waals surface area contributed by atoms with Gasteiger partial charge in [0.2, 0.25) is 5.91 Å². The average Bonchev–Trinajstić information content (AvgIpc) is 2.30. The minimum absolute atomic E-state index is 0.276. The fourth-order valence-corrected chi connectivity index (χ4v) is 1.25. The number of nitrogens with two attached hydrogens (primary N) is 1. The Kier molecular flexibility index (Phi) is 5.41. The number of primary amides is 1. The molecule has 3 N–H and O–H groups in total. The van der Waals surface area contributed by atoms with E-state index in [1.165, 1.54) is 0 Å². The zero-order valence-corrected chi connectivity index (χ0v) is 10.5. The van der Waals surface area contributed by atoms with Crippen molar-refractivity contribution in [1.82, 2.24) is 5.48 Å². The van der Waals surface area contributed by atoms with E-state index >= 15 is 0 Å². The van der Waals surface area contributed by atoms with Crippen LogP contribution in [0.2, 0.25) is 5.02 Å². The fraction of sp³-hybridized carbons (Fsp3) is 0.273. The van der Waals surface area contributed by atoms with E-state index in [2.05, 4.69) is 4.84 Å². The Morgan fingerprint density at radius 3 is 2.78 bits per heavy atom. The summed E-state index contributed by atoms with van der Waals surface area (Å²) < 4.78 is 5.20. The fourth-order valence-electron chi connectivity index (χ4n) is 1.08. The maximum atomic E-state index is 11.2. The summed E-state index contributed by atoms with van der Waals surface area (Å²) in [7, 11) is 0. The van der Waals surface area contributed by atoms with Crippen LogP contribution in [-0.4, -0.2) is 25.0 Å². The highest BCUT2D eigenvalue weighted by atomic mass is 35.5. The molecule has 6 nitrogen and oxygen atoms in total. The number of rotatable bonds is 6. The van der Waals surface area contributed by atoms with Crippen molar-refractivity contribution in [2.24, 2.45) is 5.73 Å². The molecule has 98 valence electrons. The summed E-state index contributed by atoms with van der Waals surface area (Å²) >= 11 is 5.88. The van der Waals surface area contributed by atoms with Gasteiger partial charge in [-0.25, -0.2) is 5.48 Å². The van der Waals surface area contributed by atoms with Crippen molar-refractivity contribution in [2.45, 2.75) is 6.92 Å². The maximum absolute atomic E-state index is 11.2. The molecule has 2 amide bonds. The second-order valence-corrected chi connectivity index (χ2v) is 3.91. The van der Waals surface area contributed by atoms with Crippen LogP contribution in [0.5, 0.6) is 5.75 Å². The Morgan fingerprint density at radius 1 is 1.39 bits per heavy atom. The largest absolute Gasteiger partial charge is 0.482 e. The van der Waals surface area contributed by atoms with Gasteiger partial charge in [0.1, 0.15) is 5.75 Å². The number of hydroxylamine groups is 1. The van der Waals surface area contributed by atoms with Crippen molar-refractivity contribution in [3.63, 3.8) is 0 Å². The summed E-state index contributed by atoms with van der Waals surface area (Å²) in [5.74, 6) is -0.825. The number of carbonyl (C=O) groups is 2. The minimum Gasteiger partial charge on any atom is -0.482 e. The second kappa shape index (κ2) is 6.83. The van der Waals surface area contributed by atoms with E-state index in [9.17, 15) is 9.59 Å². The van der Waals surface area contributed by atoms with Gasteiger partial charge < -0.3 is 10.5 Å². The lowest BCUT2D eigenvalue weighted by molar-refractivity contribution is -0.139. The first kappa shape index (κ1) is 14.3. The van der Waals surface area contributed by atoms with E-state index in [0.29, 0.717) is 10.8 Å². The highest BCUT2D eigenvalue weighted by Crippen LogP contribution is 2.24. The molecule has 0 spiro atoms. The van der Waals surface area contributed by atoms with Crippen molar-refractivity contribution < 1.29 is 19.2 Å². The standard InChI is InChI=1S/C11H13ClN2O4/c1-7-2-3-8(12)9(4-7)17-6-11(16)14-18-5-10(13)15/h2-4H,5-6H2,1H3,(H2,13,15)(H,14,16). The number of amides is 2. The highest BCUT2D eigenvalue weighted by molar-refractivity contribution is 6.32. The summed E-state index contributed by atoms with van der Waals surface area (Å²) in [6.45, 7) is 1.21. The molecule has 0 saturated carbocycles. The molecular formula is C11H13ClN2O4. The lowest BCUT2D eigenvalue weighted by Gasteiger charge is -2.08. The van der Waals surface area contributed by atoms with Crippen LogP contribution in [0.1, 0.15) is 5.56 Å². The van der Waals surface area contributed by atoms with Gasteiger partial charge in [0, 0.05) is 0 Å². The second-order valence-electron chi connectivity index (χ2n) is 3.50. The van der Waals surface area contributed by atoms with Gasteiger partial charge in [0.25, 0.3) is 5.91 Å². The third-order valence-electron chi connectivity index (χ3n) is 1.85. The van der Waals surface area contributed by atoms with Crippen LogP contribution in [0.15, 0.2) is 18.2 Å². The lowest BCUT2D eigenvalue weighted by atomic mass is 10.2. The zero-order chi connectivity index (χ0) is 13.5. The van der Waals surface area contributed by atoms with Crippen LogP contribution in [0.4, 0.5) is 0 Å². The third-order valence-corrected chi connectivity index (χ3v) is 2.16. The number of nitrogens with one attached hydrogen (secondary N) is 1. The van der Waals surface area contributed by atoms with Gasteiger partial charge in [0.15, 0.2) is 13.2 Å². The SMILES string of the molecule is Cc1ccc(Cl)c(OCC(=O)NOCC(N)=O)c1. The Bertz CT molecular complexity index is 451. The van der Waals surface area contributed by atoms with Crippen LogP contribution in [-0.2, 0) is 14.4 Å². The minimum atomic E-state index is -0.682. The van der Waals surface area contributed by atoms with Gasteiger partial charge in [-0.15, -0.1) is 0 Å².